The van der Waals surface area contributed by atoms with E-state index in [-0.39, 0.29) is 11.3 Å². The van der Waals surface area contributed by atoms with E-state index in [1.165, 1.54) is 0 Å². The maximum absolute atomic E-state index is 13.6. The molecule has 1 N–H and O–H groups in total. The SMILES string of the molecule is CC12CCC(C(=O)Nc3cc(Cl)ccc3Cl)(C/C1=N\OC(=O)c1ccc(Cl)cc1)C2(C)C. The molecule has 2 aromatic rings. The number of fused-ring (bicyclic) bond motifs is 2. The molecule has 2 fully saturated rings. The molecule has 2 saturated carbocycles. The molecule has 8 heteroatoms. The average Bonchev–Trinajstić information content (AvgIpc) is 3.05. The molecule has 2 unspecified atom stereocenters. The van der Waals surface area contributed by atoms with Crippen LogP contribution in [-0.4, -0.2) is 17.6 Å². The van der Waals surface area contributed by atoms with Gasteiger partial charge in [0.1, 0.15) is 0 Å². The predicted octanol–water partition coefficient (Wildman–Crippen LogP) is 7.01. The van der Waals surface area contributed by atoms with Gasteiger partial charge < -0.3 is 10.2 Å². The maximum atomic E-state index is 13.6. The Morgan fingerprint density at radius 2 is 1.62 bits per heavy atom. The summed E-state index contributed by atoms with van der Waals surface area (Å²) >= 11 is 18.2. The van der Waals surface area contributed by atoms with Crippen LogP contribution in [0, 0.1) is 16.2 Å². The van der Waals surface area contributed by atoms with Crippen molar-refractivity contribution in [3.05, 3.63) is 63.1 Å². The van der Waals surface area contributed by atoms with E-state index >= 15 is 0 Å². The Balaban J connectivity index is 1.60. The summed E-state index contributed by atoms with van der Waals surface area (Å²) < 4.78 is 0. The van der Waals surface area contributed by atoms with Crippen LogP contribution >= 0.6 is 34.8 Å². The van der Waals surface area contributed by atoms with Crippen LogP contribution in [0.2, 0.25) is 15.1 Å². The van der Waals surface area contributed by atoms with Gasteiger partial charge in [0.15, 0.2) is 0 Å². The summed E-state index contributed by atoms with van der Waals surface area (Å²) in [6.45, 7) is 6.22. The zero-order valence-corrected chi connectivity index (χ0v) is 20.2. The number of oxime groups is 1. The number of nitrogens with zero attached hydrogens (tertiary/aromatic N) is 1. The number of nitrogens with one attached hydrogen (secondary N) is 1. The van der Waals surface area contributed by atoms with E-state index in [0.29, 0.717) is 44.9 Å². The Kier molecular flexibility index (Phi) is 5.81. The van der Waals surface area contributed by atoms with E-state index in [2.05, 4.69) is 31.2 Å². The number of anilines is 1. The first-order valence-electron chi connectivity index (χ1n) is 10.3. The van der Waals surface area contributed by atoms with E-state index in [1.807, 2.05) is 0 Å². The van der Waals surface area contributed by atoms with Gasteiger partial charge in [0, 0.05) is 21.9 Å². The highest BCUT2D eigenvalue weighted by atomic mass is 35.5. The molecule has 1 amide bonds. The first-order chi connectivity index (χ1) is 15.0. The minimum Gasteiger partial charge on any atom is -0.324 e. The van der Waals surface area contributed by atoms with Gasteiger partial charge in [-0.05, 0) is 60.7 Å². The molecule has 0 spiro atoms. The maximum Gasteiger partial charge on any atom is 0.365 e. The summed E-state index contributed by atoms with van der Waals surface area (Å²) in [7, 11) is 0. The molecule has 32 heavy (non-hydrogen) atoms. The third-order valence-corrected chi connectivity index (χ3v) is 8.48. The van der Waals surface area contributed by atoms with Gasteiger partial charge in [-0.15, -0.1) is 0 Å². The van der Waals surface area contributed by atoms with Crippen LogP contribution in [0.5, 0.6) is 0 Å². The molecular weight excluding hydrogens is 471 g/mol. The van der Waals surface area contributed by atoms with Crippen LogP contribution in [-0.2, 0) is 9.63 Å². The standard InChI is InChI=1S/C24H23Cl3N2O3/c1-22(2)23(3)10-11-24(22,21(31)28-18-12-16(26)8-9-17(18)27)13-19(23)29-32-20(30)14-4-6-15(25)7-5-14/h4-9,12H,10-11,13H2,1-3H3,(H,28,31)/b29-19+. The normalized spacial score (nSPS) is 26.9. The van der Waals surface area contributed by atoms with Gasteiger partial charge in [-0.2, -0.15) is 0 Å². The van der Waals surface area contributed by atoms with E-state index < -0.39 is 16.8 Å². The summed E-state index contributed by atoms with van der Waals surface area (Å²) in [5.74, 6) is -0.702. The van der Waals surface area contributed by atoms with Gasteiger partial charge in [-0.1, -0.05) is 60.7 Å². The highest BCUT2D eigenvalue weighted by Crippen LogP contribution is 2.71. The third-order valence-electron chi connectivity index (χ3n) is 7.66. The zero-order valence-electron chi connectivity index (χ0n) is 18.0. The Labute approximate surface area is 202 Å². The molecule has 5 nitrogen and oxygen atoms in total. The lowest BCUT2D eigenvalue weighted by molar-refractivity contribution is -0.130. The lowest BCUT2D eigenvalue weighted by atomic mass is 9.64. The molecule has 2 aliphatic carbocycles. The summed E-state index contributed by atoms with van der Waals surface area (Å²) in [4.78, 5) is 31.3. The van der Waals surface area contributed by atoms with Crippen LogP contribution in [0.1, 0.15) is 50.4 Å². The van der Waals surface area contributed by atoms with Gasteiger partial charge >= 0.3 is 5.97 Å². The van der Waals surface area contributed by atoms with Crippen molar-refractivity contribution in [1.29, 1.82) is 0 Å². The van der Waals surface area contributed by atoms with Crippen molar-refractivity contribution in [2.45, 2.75) is 40.0 Å². The Hall–Kier alpha value is -2.08. The summed E-state index contributed by atoms with van der Waals surface area (Å²) in [6.07, 6.45) is 1.85. The first-order valence-corrected chi connectivity index (χ1v) is 11.4. The fourth-order valence-corrected chi connectivity index (χ4v) is 5.56. The van der Waals surface area contributed by atoms with Crippen molar-refractivity contribution >= 4 is 58.1 Å². The number of halogens is 3. The summed E-state index contributed by atoms with van der Waals surface area (Å²) in [5, 5.41) is 8.65. The third kappa shape index (κ3) is 3.51. The van der Waals surface area contributed by atoms with E-state index in [0.717, 1.165) is 6.42 Å². The number of rotatable bonds is 4. The molecule has 2 aliphatic rings. The molecule has 0 saturated heterocycles. The molecule has 0 heterocycles. The van der Waals surface area contributed by atoms with E-state index in [1.54, 1.807) is 42.5 Å². The van der Waals surface area contributed by atoms with Crippen molar-refractivity contribution in [2.24, 2.45) is 21.4 Å². The molecule has 2 atom stereocenters. The van der Waals surface area contributed by atoms with Crippen LogP contribution in [0.3, 0.4) is 0 Å². The fraction of sp³-hybridized carbons (Fsp3) is 0.375. The number of amides is 1. The number of carbonyl (C=O) groups is 2. The molecule has 0 aliphatic heterocycles. The lowest BCUT2D eigenvalue weighted by Gasteiger charge is -2.39. The minimum absolute atomic E-state index is 0.135. The summed E-state index contributed by atoms with van der Waals surface area (Å²) in [5.41, 5.74) is 0.0303. The van der Waals surface area contributed by atoms with Crippen LogP contribution < -0.4 is 5.32 Å². The van der Waals surface area contributed by atoms with E-state index in [9.17, 15) is 9.59 Å². The van der Waals surface area contributed by atoms with Crippen molar-refractivity contribution in [2.75, 3.05) is 5.32 Å². The highest BCUT2D eigenvalue weighted by molar-refractivity contribution is 6.35. The quantitative estimate of drug-likeness (QED) is 0.368. The fourth-order valence-electron chi connectivity index (χ4n) is 5.09. The van der Waals surface area contributed by atoms with Crippen LogP contribution in [0.15, 0.2) is 47.6 Å². The second kappa shape index (κ2) is 8.05. The van der Waals surface area contributed by atoms with Crippen LogP contribution in [0.25, 0.3) is 0 Å². The Bertz CT molecular complexity index is 1130. The monoisotopic (exact) mass is 492 g/mol. The smallest absolute Gasteiger partial charge is 0.324 e. The van der Waals surface area contributed by atoms with Crippen LogP contribution in [0.4, 0.5) is 5.69 Å². The number of hydrogen-bond donors (Lipinski definition) is 1. The number of hydrogen-bond acceptors (Lipinski definition) is 4. The second-order valence-corrected chi connectivity index (χ2v) is 10.5. The minimum atomic E-state index is -0.709. The van der Waals surface area contributed by atoms with Crippen molar-refractivity contribution < 1.29 is 14.4 Å². The molecule has 168 valence electrons. The highest BCUT2D eigenvalue weighted by Gasteiger charge is 2.71. The van der Waals surface area contributed by atoms with Gasteiger partial charge in [0.2, 0.25) is 5.91 Å². The lowest BCUT2D eigenvalue weighted by Crippen LogP contribution is -2.43. The number of benzene rings is 2. The first kappa shape index (κ1) is 23.1. The average molecular weight is 494 g/mol. The van der Waals surface area contributed by atoms with Gasteiger partial charge in [-0.25, -0.2) is 4.79 Å². The predicted molar refractivity (Wildman–Crippen MR) is 128 cm³/mol. The molecule has 2 bridgehead atoms. The van der Waals surface area contributed by atoms with Gasteiger partial charge in [0.05, 0.1) is 27.4 Å². The Morgan fingerprint density at radius 3 is 2.31 bits per heavy atom. The van der Waals surface area contributed by atoms with Gasteiger partial charge in [0.25, 0.3) is 0 Å². The molecule has 4 rings (SSSR count). The second-order valence-electron chi connectivity index (χ2n) is 9.22. The van der Waals surface area contributed by atoms with E-state index in [4.69, 9.17) is 39.6 Å². The molecular formula is C24H23Cl3N2O3. The van der Waals surface area contributed by atoms with Crippen molar-refractivity contribution in [3.63, 3.8) is 0 Å². The van der Waals surface area contributed by atoms with Crippen molar-refractivity contribution in [3.8, 4) is 0 Å². The molecule has 2 aromatic carbocycles. The van der Waals surface area contributed by atoms with Gasteiger partial charge in [-0.3, -0.25) is 4.79 Å². The summed E-state index contributed by atoms with van der Waals surface area (Å²) in [6, 6.07) is 11.4. The zero-order chi connectivity index (χ0) is 23.3. The Morgan fingerprint density at radius 1 is 0.969 bits per heavy atom. The topological polar surface area (TPSA) is 67.8 Å². The number of carbonyl (C=O) groups excluding carboxylic acids is 2. The largest absolute Gasteiger partial charge is 0.365 e. The molecule has 0 radical (unpaired) electrons. The molecule has 0 aromatic heterocycles. The van der Waals surface area contributed by atoms with Crippen molar-refractivity contribution in [1.82, 2.24) is 0 Å².